The van der Waals surface area contributed by atoms with Gasteiger partial charge >= 0.3 is 5.97 Å². The summed E-state index contributed by atoms with van der Waals surface area (Å²) in [4.78, 5) is 19.8. The van der Waals surface area contributed by atoms with E-state index >= 15 is 0 Å². The van der Waals surface area contributed by atoms with Crippen molar-refractivity contribution < 1.29 is 18.7 Å². The van der Waals surface area contributed by atoms with E-state index in [4.69, 9.17) is 15.2 Å². The first-order chi connectivity index (χ1) is 12.6. The number of halogens is 1. The molecule has 2 aromatic heterocycles. The van der Waals surface area contributed by atoms with Crippen LogP contribution in [0.25, 0.3) is 11.2 Å². The number of aromatic nitrogens is 5. The van der Waals surface area contributed by atoms with Crippen LogP contribution in [0.5, 0.6) is 0 Å². The molecule has 0 spiro atoms. The van der Waals surface area contributed by atoms with Crippen molar-refractivity contribution in [3.05, 3.63) is 42.2 Å². The topological polar surface area (TPSA) is 118 Å². The SMILES string of the molecule is Nc1ncnc2c1nnn2[C@H]1O[C@H](COC(=O)c2ccccc2)C[C@@H]1F. The summed E-state index contributed by atoms with van der Waals surface area (Å²) >= 11 is 0. The van der Waals surface area contributed by atoms with Crippen molar-refractivity contribution in [3.8, 4) is 0 Å². The predicted molar refractivity (Wildman–Crippen MR) is 87.7 cm³/mol. The van der Waals surface area contributed by atoms with Crippen LogP contribution in [-0.2, 0) is 9.47 Å². The molecule has 0 amide bonds. The fourth-order valence-corrected chi connectivity index (χ4v) is 2.80. The van der Waals surface area contributed by atoms with Crippen LogP contribution in [0.4, 0.5) is 10.2 Å². The molecule has 10 heteroatoms. The van der Waals surface area contributed by atoms with Gasteiger partial charge in [-0.1, -0.05) is 23.4 Å². The van der Waals surface area contributed by atoms with Gasteiger partial charge in [0.15, 0.2) is 23.2 Å². The van der Waals surface area contributed by atoms with Gasteiger partial charge in [-0.2, -0.15) is 4.68 Å². The Morgan fingerprint density at radius 1 is 1.35 bits per heavy atom. The number of esters is 1. The summed E-state index contributed by atoms with van der Waals surface area (Å²) in [6.45, 7) is -0.0611. The first kappa shape index (κ1) is 16.3. The van der Waals surface area contributed by atoms with Crippen LogP contribution < -0.4 is 5.73 Å². The van der Waals surface area contributed by atoms with E-state index in [1.165, 1.54) is 11.0 Å². The summed E-state index contributed by atoms with van der Waals surface area (Å²) in [5.41, 5.74) is 6.70. The van der Waals surface area contributed by atoms with E-state index in [2.05, 4.69) is 20.3 Å². The number of nitrogen functional groups attached to an aromatic ring is 1. The van der Waals surface area contributed by atoms with E-state index in [1.807, 2.05) is 0 Å². The molecule has 0 saturated carbocycles. The second-order valence-electron chi connectivity index (χ2n) is 5.83. The molecule has 0 unspecified atom stereocenters. The van der Waals surface area contributed by atoms with E-state index in [0.29, 0.717) is 5.56 Å². The van der Waals surface area contributed by atoms with E-state index in [1.54, 1.807) is 30.3 Å². The second-order valence-corrected chi connectivity index (χ2v) is 5.83. The molecule has 1 saturated heterocycles. The highest BCUT2D eigenvalue weighted by Crippen LogP contribution is 2.32. The molecule has 4 rings (SSSR count). The van der Waals surface area contributed by atoms with Crippen LogP contribution >= 0.6 is 0 Å². The Kier molecular flexibility index (Phi) is 4.17. The van der Waals surface area contributed by atoms with E-state index in [-0.39, 0.29) is 30.0 Å². The highest BCUT2D eigenvalue weighted by molar-refractivity contribution is 5.89. The lowest BCUT2D eigenvalue weighted by atomic mass is 10.2. The number of fused-ring (bicyclic) bond motifs is 1. The Hall–Kier alpha value is -3.14. The molecule has 2 N–H and O–H groups in total. The first-order valence-corrected chi connectivity index (χ1v) is 7.96. The van der Waals surface area contributed by atoms with Crippen LogP contribution in [0.3, 0.4) is 0 Å². The molecule has 26 heavy (non-hydrogen) atoms. The van der Waals surface area contributed by atoms with Crippen LogP contribution in [0, 0.1) is 0 Å². The average Bonchev–Trinajstić information content (AvgIpc) is 3.24. The largest absolute Gasteiger partial charge is 0.459 e. The minimum Gasteiger partial charge on any atom is -0.459 e. The zero-order valence-corrected chi connectivity index (χ0v) is 13.5. The number of anilines is 1. The summed E-state index contributed by atoms with van der Waals surface area (Å²) < 4.78 is 26.6. The van der Waals surface area contributed by atoms with Crippen LogP contribution in [0.2, 0.25) is 0 Å². The van der Waals surface area contributed by atoms with Gasteiger partial charge in [0.25, 0.3) is 0 Å². The molecule has 134 valence electrons. The summed E-state index contributed by atoms with van der Waals surface area (Å²) in [5.74, 6) is -0.331. The third-order valence-corrected chi connectivity index (χ3v) is 4.07. The Bertz CT molecular complexity index is 934. The molecule has 1 aromatic carbocycles. The molecule has 1 fully saturated rings. The highest BCUT2D eigenvalue weighted by Gasteiger charge is 2.39. The third-order valence-electron chi connectivity index (χ3n) is 4.07. The maximum atomic E-state index is 14.4. The third kappa shape index (κ3) is 2.94. The lowest BCUT2D eigenvalue weighted by Gasteiger charge is -2.14. The summed E-state index contributed by atoms with van der Waals surface area (Å²) in [6, 6.07) is 8.56. The second kappa shape index (κ2) is 6.64. The monoisotopic (exact) mass is 358 g/mol. The number of carbonyl (C=O) groups excluding carboxylic acids is 1. The predicted octanol–water partition coefficient (Wildman–Crippen LogP) is 1.29. The van der Waals surface area contributed by atoms with E-state index in [9.17, 15) is 9.18 Å². The van der Waals surface area contributed by atoms with Gasteiger partial charge in [0.1, 0.15) is 19.1 Å². The fraction of sp³-hybridized carbons (Fsp3) is 0.312. The van der Waals surface area contributed by atoms with Crippen LogP contribution in [-0.4, -0.2) is 49.8 Å². The zero-order valence-electron chi connectivity index (χ0n) is 13.5. The Morgan fingerprint density at radius 2 is 2.15 bits per heavy atom. The van der Waals surface area contributed by atoms with Crippen molar-refractivity contribution in [2.75, 3.05) is 12.3 Å². The molecule has 3 aromatic rings. The lowest BCUT2D eigenvalue weighted by molar-refractivity contribution is -0.0479. The van der Waals surface area contributed by atoms with Gasteiger partial charge in [0, 0.05) is 6.42 Å². The Morgan fingerprint density at radius 3 is 2.96 bits per heavy atom. The van der Waals surface area contributed by atoms with Gasteiger partial charge in [0.2, 0.25) is 0 Å². The smallest absolute Gasteiger partial charge is 0.338 e. The molecule has 9 nitrogen and oxygen atoms in total. The Labute approximate surface area is 146 Å². The number of rotatable bonds is 4. The quantitative estimate of drug-likeness (QED) is 0.693. The maximum absolute atomic E-state index is 14.4. The number of nitrogens with two attached hydrogens (primary N) is 1. The summed E-state index contributed by atoms with van der Waals surface area (Å²) in [5, 5.41) is 7.74. The lowest BCUT2D eigenvalue weighted by Crippen LogP contribution is -2.20. The van der Waals surface area contributed by atoms with E-state index < -0.39 is 24.5 Å². The number of nitrogens with zero attached hydrogens (tertiary/aromatic N) is 5. The number of alkyl halides is 1. The van der Waals surface area contributed by atoms with Gasteiger partial charge < -0.3 is 15.2 Å². The molecular weight excluding hydrogens is 343 g/mol. The maximum Gasteiger partial charge on any atom is 0.338 e. The van der Waals surface area contributed by atoms with Gasteiger partial charge in [-0.15, -0.1) is 5.10 Å². The van der Waals surface area contributed by atoms with Crippen molar-refractivity contribution >= 4 is 23.0 Å². The van der Waals surface area contributed by atoms with Crippen LogP contribution in [0.1, 0.15) is 23.0 Å². The summed E-state index contributed by atoms with van der Waals surface area (Å²) in [7, 11) is 0. The molecule has 3 heterocycles. The number of benzene rings is 1. The Balaban J connectivity index is 1.44. The molecular formula is C16H15FN6O3. The standard InChI is InChI=1S/C16H15FN6O3/c17-11-6-10(7-25-16(24)9-4-2-1-3-5-9)26-15(11)23-14-12(21-22-23)13(18)19-8-20-14/h1-5,8,10-11,15H,6-7H2,(H2,18,19,20)/t10-,11-,15-/m0/s1. The van der Waals surface area contributed by atoms with Crippen molar-refractivity contribution in [3.63, 3.8) is 0 Å². The number of hydrogen-bond donors (Lipinski definition) is 1. The van der Waals surface area contributed by atoms with Crippen LogP contribution in [0.15, 0.2) is 36.7 Å². The van der Waals surface area contributed by atoms with Crippen molar-refractivity contribution in [1.29, 1.82) is 0 Å². The first-order valence-electron chi connectivity index (χ1n) is 7.96. The van der Waals surface area contributed by atoms with Crippen molar-refractivity contribution in [1.82, 2.24) is 25.0 Å². The molecule has 1 aliphatic rings. The van der Waals surface area contributed by atoms with Gasteiger partial charge in [0.05, 0.1) is 11.7 Å². The number of hydrogen-bond acceptors (Lipinski definition) is 8. The molecule has 1 aliphatic heterocycles. The molecule has 0 bridgehead atoms. The summed E-state index contributed by atoms with van der Waals surface area (Å²) in [6.07, 6.45) is -1.65. The highest BCUT2D eigenvalue weighted by atomic mass is 19.1. The molecule has 0 aliphatic carbocycles. The van der Waals surface area contributed by atoms with Gasteiger partial charge in [-0.3, -0.25) is 0 Å². The van der Waals surface area contributed by atoms with Crippen molar-refractivity contribution in [2.45, 2.75) is 24.9 Å². The normalized spacial score (nSPS) is 22.6. The van der Waals surface area contributed by atoms with Crippen molar-refractivity contribution in [2.24, 2.45) is 0 Å². The molecule has 3 atom stereocenters. The number of carbonyl (C=O) groups is 1. The van der Waals surface area contributed by atoms with Gasteiger partial charge in [-0.05, 0) is 12.1 Å². The average molecular weight is 358 g/mol. The van der Waals surface area contributed by atoms with Gasteiger partial charge in [-0.25, -0.2) is 19.2 Å². The molecule has 0 radical (unpaired) electrons. The zero-order chi connectivity index (χ0) is 18.1. The minimum atomic E-state index is -1.35. The van der Waals surface area contributed by atoms with E-state index in [0.717, 1.165) is 0 Å². The fourth-order valence-electron chi connectivity index (χ4n) is 2.80. The minimum absolute atomic E-state index is 0.0611. The number of ether oxygens (including phenoxy) is 2.